The summed E-state index contributed by atoms with van der Waals surface area (Å²) >= 11 is 1.24. The second-order valence-corrected chi connectivity index (χ2v) is 5.81. The number of thiazole rings is 1. The van der Waals surface area contributed by atoms with E-state index in [0.717, 1.165) is 6.07 Å². The van der Waals surface area contributed by atoms with Gasteiger partial charge >= 0.3 is 12.1 Å². The predicted molar refractivity (Wildman–Crippen MR) is 91.7 cm³/mol. The van der Waals surface area contributed by atoms with Gasteiger partial charge in [0.2, 0.25) is 5.13 Å². The second kappa shape index (κ2) is 8.65. The molecule has 0 fully saturated rings. The molecule has 6 nitrogen and oxygen atoms in total. The van der Waals surface area contributed by atoms with Crippen LogP contribution in [0, 0.1) is 0 Å². The Kier molecular flexibility index (Phi) is 6.56. The van der Waals surface area contributed by atoms with Crippen molar-refractivity contribution in [1.82, 2.24) is 4.98 Å². The minimum Gasteiger partial charge on any atom is -0.496 e. The third-order valence-corrected chi connectivity index (χ3v) is 3.88. The van der Waals surface area contributed by atoms with Gasteiger partial charge < -0.3 is 9.47 Å². The molecule has 2 aromatic rings. The third-order valence-electron chi connectivity index (χ3n) is 3.09. The number of alkyl halides is 3. The zero-order chi connectivity index (χ0) is 19.2. The van der Waals surface area contributed by atoms with E-state index in [-0.39, 0.29) is 18.1 Å². The number of rotatable bonds is 7. The predicted octanol–water partition coefficient (Wildman–Crippen LogP) is 3.72. The maximum atomic E-state index is 12.8. The van der Waals surface area contributed by atoms with Gasteiger partial charge in [0.15, 0.2) is 0 Å². The van der Waals surface area contributed by atoms with E-state index < -0.39 is 11.7 Å². The highest BCUT2D eigenvalue weighted by atomic mass is 32.1. The van der Waals surface area contributed by atoms with Gasteiger partial charge in [0.1, 0.15) is 5.75 Å². The molecule has 26 heavy (non-hydrogen) atoms. The summed E-state index contributed by atoms with van der Waals surface area (Å²) in [6.45, 7) is 2.02. The Hall–Kier alpha value is -2.62. The van der Waals surface area contributed by atoms with Crippen LogP contribution >= 0.6 is 11.3 Å². The number of carbonyl (C=O) groups excluding carboxylic acids is 1. The summed E-state index contributed by atoms with van der Waals surface area (Å²) in [7, 11) is 1.17. The summed E-state index contributed by atoms with van der Waals surface area (Å²) in [5.74, 6) is -0.655. The lowest BCUT2D eigenvalue weighted by Crippen LogP contribution is -2.08. The van der Waals surface area contributed by atoms with Crippen LogP contribution < -0.4 is 10.2 Å². The fourth-order valence-electron chi connectivity index (χ4n) is 1.98. The van der Waals surface area contributed by atoms with Crippen LogP contribution in [-0.2, 0) is 22.1 Å². The number of halogens is 3. The molecule has 0 saturated heterocycles. The van der Waals surface area contributed by atoms with Crippen LogP contribution in [0.5, 0.6) is 5.75 Å². The summed E-state index contributed by atoms with van der Waals surface area (Å²) in [6, 6.07) is 3.45. The number of aromatic nitrogens is 1. The van der Waals surface area contributed by atoms with Crippen LogP contribution in [0.3, 0.4) is 0 Å². The van der Waals surface area contributed by atoms with Gasteiger partial charge in [-0.1, -0.05) is 6.07 Å². The molecule has 0 aliphatic heterocycles. The fraction of sp³-hybridized carbons (Fsp3) is 0.312. The molecule has 0 bridgehead atoms. The molecule has 1 aromatic heterocycles. The van der Waals surface area contributed by atoms with Gasteiger partial charge in [-0.25, -0.2) is 4.98 Å². The van der Waals surface area contributed by atoms with Crippen molar-refractivity contribution in [1.29, 1.82) is 0 Å². The molecular formula is C16H16F3N3O3S. The Balaban J connectivity index is 2.00. The Morgan fingerprint density at radius 3 is 2.85 bits per heavy atom. The van der Waals surface area contributed by atoms with E-state index in [4.69, 9.17) is 9.47 Å². The van der Waals surface area contributed by atoms with Crippen molar-refractivity contribution in [2.24, 2.45) is 5.10 Å². The number of hydrogen-bond donors (Lipinski definition) is 1. The lowest BCUT2D eigenvalue weighted by Gasteiger charge is -2.11. The highest BCUT2D eigenvalue weighted by Gasteiger charge is 2.34. The van der Waals surface area contributed by atoms with Crippen molar-refractivity contribution in [2.75, 3.05) is 19.1 Å². The molecule has 2 rings (SSSR count). The van der Waals surface area contributed by atoms with Crippen molar-refractivity contribution >= 4 is 28.7 Å². The number of hydrazone groups is 1. The molecule has 1 N–H and O–H groups in total. The molecule has 10 heteroatoms. The minimum atomic E-state index is -4.49. The number of esters is 1. The van der Waals surface area contributed by atoms with Gasteiger partial charge in [-0.15, -0.1) is 11.3 Å². The van der Waals surface area contributed by atoms with Crippen LogP contribution in [0.4, 0.5) is 18.3 Å². The first kappa shape index (κ1) is 19.7. The highest BCUT2D eigenvalue weighted by molar-refractivity contribution is 7.13. The molecule has 0 amide bonds. The number of benzene rings is 1. The first-order chi connectivity index (χ1) is 12.3. The normalized spacial score (nSPS) is 11.6. The number of hydrogen-bond acceptors (Lipinski definition) is 7. The summed E-state index contributed by atoms with van der Waals surface area (Å²) in [4.78, 5) is 15.5. The van der Waals surface area contributed by atoms with E-state index in [0.29, 0.717) is 23.0 Å². The van der Waals surface area contributed by atoms with Gasteiger partial charge in [-0.05, 0) is 24.6 Å². The van der Waals surface area contributed by atoms with Crippen LogP contribution in [0.1, 0.15) is 23.7 Å². The summed E-state index contributed by atoms with van der Waals surface area (Å²) in [5.41, 5.74) is 2.78. The Morgan fingerprint density at radius 2 is 2.19 bits per heavy atom. The molecule has 0 unspecified atom stereocenters. The number of anilines is 1. The third kappa shape index (κ3) is 5.45. The summed E-state index contributed by atoms with van der Waals surface area (Å²) in [5, 5.41) is 6.06. The van der Waals surface area contributed by atoms with E-state index in [9.17, 15) is 18.0 Å². The van der Waals surface area contributed by atoms with Crippen LogP contribution in [0.2, 0.25) is 0 Å². The largest absolute Gasteiger partial charge is 0.496 e. The van der Waals surface area contributed by atoms with Crippen molar-refractivity contribution in [2.45, 2.75) is 19.5 Å². The standard InChI is InChI=1S/C16H16F3N3O3S/c1-3-25-14(23)7-11-9-26-15(21-11)22-20-8-10-4-5-12(16(17,18)19)13(6-10)24-2/h4-6,8-9H,3,7H2,1-2H3,(H,21,22). The van der Waals surface area contributed by atoms with E-state index in [1.807, 2.05) is 0 Å². The van der Waals surface area contributed by atoms with Crippen molar-refractivity contribution in [3.8, 4) is 5.75 Å². The SMILES string of the molecule is CCOC(=O)Cc1csc(NN=Cc2ccc(C(F)(F)F)c(OC)c2)n1. The number of methoxy groups -OCH3 is 1. The van der Waals surface area contributed by atoms with Crippen molar-refractivity contribution in [3.05, 3.63) is 40.4 Å². The summed E-state index contributed by atoms with van der Waals surface area (Å²) < 4.78 is 48.1. The first-order valence-corrected chi connectivity index (χ1v) is 8.35. The molecule has 0 radical (unpaired) electrons. The molecule has 1 heterocycles. The number of nitrogens with one attached hydrogen (secondary N) is 1. The molecule has 0 atom stereocenters. The minimum absolute atomic E-state index is 0.0613. The molecule has 0 spiro atoms. The average molecular weight is 387 g/mol. The van der Waals surface area contributed by atoms with Gasteiger partial charge in [0, 0.05) is 5.38 Å². The topological polar surface area (TPSA) is 72.8 Å². The van der Waals surface area contributed by atoms with E-state index in [1.165, 1.54) is 36.8 Å². The van der Waals surface area contributed by atoms with E-state index in [1.54, 1.807) is 12.3 Å². The fourth-order valence-corrected chi connectivity index (χ4v) is 2.64. The van der Waals surface area contributed by atoms with E-state index in [2.05, 4.69) is 15.5 Å². The van der Waals surface area contributed by atoms with Crippen LogP contribution in [0.15, 0.2) is 28.7 Å². The van der Waals surface area contributed by atoms with Gasteiger partial charge in [-0.3, -0.25) is 10.2 Å². The first-order valence-electron chi connectivity index (χ1n) is 7.47. The molecule has 140 valence electrons. The lowest BCUT2D eigenvalue weighted by atomic mass is 10.1. The van der Waals surface area contributed by atoms with Gasteiger partial charge in [0.05, 0.1) is 37.6 Å². The monoisotopic (exact) mass is 387 g/mol. The molecule has 0 aliphatic carbocycles. The highest BCUT2D eigenvalue weighted by Crippen LogP contribution is 2.36. The zero-order valence-corrected chi connectivity index (χ0v) is 14.8. The molecule has 0 saturated carbocycles. The smallest absolute Gasteiger partial charge is 0.419 e. The lowest BCUT2D eigenvalue weighted by molar-refractivity contribution is -0.142. The van der Waals surface area contributed by atoms with Crippen molar-refractivity contribution < 1.29 is 27.4 Å². The van der Waals surface area contributed by atoms with Crippen molar-refractivity contribution in [3.63, 3.8) is 0 Å². The Morgan fingerprint density at radius 1 is 1.42 bits per heavy atom. The quantitative estimate of drug-likeness (QED) is 0.445. The Labute approximate surface area is 151 Å². The zero-order valence-electron chi connectivity index (χ0n) is 14.0. The van der Waals surface area contributed by atoms with E-state index >= 15 is 0 Å². The maximum absolute atomic E-state index is 12.8. The second-order valence-electron chi connectivity index (χ2n) is 4.95. The van der Waals surface area contributed by atoms with Crippen LogP contribution in [0.25, 0.3) is 0 Å². The van der Waals surface area contributed by atoms with Crippen LogP contribution in [-0.4, -0.2) is 30.9 Å². The number of carbonyl (C=O) groups is 1. The maximum Gasteiger partial charge on any atom is 0.419 e. The Bertz CT molecular complexity index is 791. The average Bonchev–Trinajstić information content (AvgIpc) is 3.01. The number of ether oxygens (including phenoxy) is 2. The molecule has 0 aliphatic rings. The molecular weight excluding hydrogens is 371 g/mol. The molecule has 1 aromatic carbocycles. The number of nitrogens with zero attached hydrogens (tertiary/aromatic N) is 2. The summed E-state index contributed by atoms with van der Waals surface area (Å²) in [6.07, 6.45) is -3.09. The van der Waals surface area contributed by atoms with Gasteiger partial charge in [0.25, 0.3) is 0 Å². The van der Waals surface area contributed by atoms with Gasteiger partial charge in [-0.2, -0.15) is 18.3 Å².